The smallest absolute Gasteiger partial charge is 0.0467 e. The Hall–Kier alpha value is -0.600. The average molecular weight is 240 g/mol. The van der Waals surface area contributed by atoms with Crippen LogP contribution in [0.5, 0.6) is 0 Å². The van der Waals surface area contributed by atoms with Gasteiger partial charge in [0.1, 0.15) is 0 Å². The van der Waals surface area contributed by atoms with Crippen molar-refractivity contribution in [3.63, 3.8) is 0 Å². The van der Waals surface area contributed by atoms with Crippen molar-refractivity contribution in [2.75, 3.05) is 27.4 Å². The first-order valence-corrected chi connectivity index (χ1v) is 6.60. The third kappa shape index (κ3) is 11.7. The third-order valence-electron chi connectivity index (χ3n) is 2.87. The Morgan fingerprint density at radius 3 is 2.29 bits per heavy atom. The number of hydrogen-bond donors (Lipinski definition) is 0. The van der Waals surface area contributed by atoms with Gasteiger partial charge in [0.15, 0.2) is 0 Å². The summed E-state index contributed by atoms with van der Waals surface area (Å²) in [6.45, 7) is 5.58. The van der Waals surface area contributed by atoms with E-state index in [2.05, 4.69) is 18.7 Å². The molecule has 0 N–H and O–H groups in total. The van der Waals surface area contributed by atoms with Crippen molar-refractivity contribution in [1.29, 1.82) is 0 Å². The summed E-state index contributed by atoms with van der Waals surface area (Å²) < 4.78 is 10.1. The van der Waals surface area contributed by atoms with E-state index < -0.39 is 0 Å². The van der Waals surface area contributed by atoms with Crippen molar-refractivity contribution < 1.29 is 9.47 Å². The van der Waals surface area contributed by atoms with Gasteiger partial charge < -0.3 is 9.47 Å². The molecule has 0 amide bonds. The zero-order valence-corrected chi connectivity index (χ0v) is 11.5. The highest BCUT2D eigenvalue weighted by Crippen LogP contribution is 2.13. The van der Waals surface area contributed by atoms with Gasteiger partial charge in [-0.3, -0.25) is 0 Å². The van der Waals surface area contributed by atoms with Gasteiger partial charge in [-0.05, 0) is 44.4 Å². The van der Waals surface area contributed by atoms with Gasteiger partial charge in [-0.15, -0.1) is 6.58 Å². The van der Waals surface area contributed by atoms with E-state index in [1.165, 1.54) is 19.3 Å². The normalized spacial score (nSPS) is 13.1. The van der Waals surface area contributed by atoms with E-state index in [1.807, 2.05) is 6.08 Å². The highest BCUT2D eigenvalue weighted by Gasteiger charge is 2.01. The topological polar surface area (TPSA) is 18.5 Å². The van der Waals surface area contributed by atoms with Crippen LogP contribution in [0.4, 0.5) is 0 Å². The molecule has 17 heavy (non-hydrogen) atoms. The summed E-state index contributed by atoms with van der Waals surface area (Å²) in [4.78, 5) is 0. The molecule has 0 aliphatic rings. The highest BCUT2D eigenvalue weighted by molar-refractivity contribution is 4.86. The lowest BCUT2D eigenvalue weighted by Crippen LogP contribution is -2.00. The molecule has 0 bridgehead atoms. The fourth-order valence-electron chi connectivity index (χ4n) is 1.70. The maximum absolute atomic E-state index is 5.08. The van der Waals surface area contributed by atoms with Gasteiger partial charge in [0.05, 0.1) is 0 Å². The first-order valence-electron chi connectivity index (χ1n) is 6.60. The second kappa shape index (κ2) is 13.5. The molecule has 1 unspecified atom stereocenters. The number of allylic oxidation sites excluding steroid dienone is 3. The summed E-state index contributed by atoms with van der Waals surface area (Å²) in [7, 11) is 3.51. The van der Waals surface area contributed by atoms with E-state index in [0.717, 1.165) is 32.5 Å². The molecule has 0 rings (SSSR count). The number of hydrogen-bond acceptors (Lipinski definition) is 2. The van der Waals surface area contributed by atoms with Crippen LogP contribution in [0.1, 0.15) is 38.5 Å². The van der Waals surface area contributed by atoms with Crippen LogP contribution in [0.25, 0.3) is 0 Å². The predicted octanol–water partition coefficient (Wildman–Crippen LogP) is 3.98. The van der Waals surface area contributed by atoms with Crippen molar-refractivity contribution in [2.24, 2.45) is 5.92 Å². The molecule has 0 aromatic heterocycles. The van der Waals surface area contributed by atoms with E-state index >= 15 is 0 Å². The minimum absolute atomic E-state index is 0.591. The van der Waals surface area contributed by atoms with Crippen LogP contribution in [0.3, 0.4) is 0 Å². The van der Waals surface area contributed by atoms with Crippen molar-refractivity contribution in [3.05, 3.63) is 24.8 Å². The number of ether oxygens (including phenoxy) is 2. The van der Waals surface area contributed by atoms with Gasteiger partial charge in [0.2, 0.25) is 0 Å². The van der Waals surface area contributed by atoms with Crippen molar-refractivity contribution in [3.8, 4) is 0 Å². The molecule has 0 aromatic carbocycles. The fraction of sp³-hybridized carbons (Fsp3) is 0.733. The molecule has 0 saturated carbocycles. The SMILES string of the molecule is C=CC(CC/C=C/CCCCOC)CCOC. The Bertz CT molecular complexity index is 187. The monoisotopic (exact) mass is 240 g/mol. The molecule has 2 heteroatoms. The molecule has 0 aliphatic heterocycles. The Kier molecular flexibility index (Phi) is 13.0. The lowest BCUT2D eigenvalue weighted by atomic mass is 10.00. The number of methoxy groups -OCH3 is 2. The van der Waals surface area contributed by atoms with E-state index in [4.69, 9.17) is 9.47 Å². The first-order chi connectivity index (χ1) is 8.35. The van der Waals surface area contributed by atoms with Crippen LogP contribution in [-0.4, -0.2) is 27.4 Å². The molecule has 0 saturated heterocycles. The van der Waals surface area contributed by atoms with E-state index in [-0.39, 0.29) is 0 Å². The van der Waals surface area contributed by atoms with Gasteiger partial charge >= 0.3 is 0 Å². The zero-order chi connectivity index (χ0) is 12.8. The number of unbranched alkanes of at least 4 members (excludes halogenated alkanes) is 2. The minimum atomic E-state index is 0.591. The van der Waals surface area contributed by atoms with Crippen LogP contribution in [0.2, 0.25) is 0 Å². The Labute approximate surface area is 107 Å². The van der Waals surface area contributed by atoms with Gasteiger partial charge in [0, 0.05) is 27.4 Å². The highest BCUT2D eigenvalue weighted by atomic mass is 16.5. The van der Waals surface area contributed by atoms with Crippen molar-refractivity contribution in [2.45, 2.75) is 38.5 Å². The van der Waals surface area contributed by atoms with E-state index in [0.29, 0.717) is 5.92 Å². The first kappa shape index (κ1) is 16.4. The maximum atomic E-state index is 5.08. The minimum Gasteiger partial charge on any atom is -0.385 e. The van der Waals surface area contributed by atoms with E-state index in [1.54, 1.807) is 14.2 Å². The Morgan fingerprint density at radius 2 is 1.65 bits per heavy atom. The molecule has 0 radical (unpaired) electrons. The zero-order valence-electron chi connectivity index (χ0n) is 11.5. The van der Waals surface area contributed by atoms with Crippen LogP contribution in [0, 0.1) is 5.92 Å². The Morgan fingerprint density at radius 1 is 0.941 bits per heavy atom. The summed E-state index contributed by atoms with van der Waals surface area (Å²) in [5.74, 6) is 0.591. The quantitative estimate of drug-likeness (QED) is 0.379. The molecule has 100 valence electrons. The summed E-state index contributed by atoms with van der Waals surface area (Å²) in [6, 6.07) is 0. The van der Waals surface area contributed by atoms with Gasteiger partial charge in [0.25, 0.3) is 0 Å². The molecular formula is C15H28O2. The molecule has 0 spiro atoms. The largest absolute Gasteiger partial charge is 0.385 e. The maximum Gasteiger partial charge on any atom is 0.0467 e. The van der Waals surface area contributed by atoms with Crippen molar-refractivity contribution in [1.82, 2.24) is 0 Å². The standard InChI is InChI=1S/C15H28O2/c1-4-15(12-14-17-3)11-9-7-5-6-8-10-13-16-2/h4-5,7,15H,1,6,8-14H2,2-3H3/b7-5+. The summed E-state index contributed by atoms with van der Waals surface area (Å²) in [5.41, 5.74) is 0. The Balaban J connectivity index is 3.39. The molecule has 0 aliphatic carbocycles. The lowest BCUT2D eigenvalue weighted by Gasteiger charge is -2.09. The van der Waals surface area contributed by atoms with Gasteiger partial charge in [-0.25, -0.2) is 0 Å². The molecule has 0 aromatic rings. The average Bonchev–Trinajstić information content (AvgIpc) is 2.36. The predicted molar refractivity (Wildman–Crippen MR) is 74.3 cm³/mol. The number of rotatable bonds is 12. The molecule has 1 atom stereocenters. The van der Waals surface area contributed by atoms with Crippen molar-refractivity contribution >= 4 is 0 Å². The summed E-state index contributed by atoms with van der Waals surface area (Å²) >= 11 is 0. The van der Waals surface area contributed by atoms with E-state index in [9.17, 15) is 0 Å². The van der Waals surface area contributed by atoms with Crippen LogP contribution in [0.15, 0.2) is 24.8 Å². The summed E-state index contributed by atoms with van der Waals surface area (Å²) in [5, 5.41) is 0. The van der Waals surface area contributed by atoms with Gasteiger partial charge in [-0.1, -0.05) is 18.2 Å². The van der Waals surface area contributed by atoms with Gasteiger partial charge in [-0.2, -0.15) is 0 Å². The summed E-state index contributed by atoms with van der Waals surface area (Å²) in [6.07, 6.45) is 13.6. The molecule has 0 fully saturated rings. The molecule has 2 nitrogen and oxygen atoms in total. The third-order valence-corrected chi connectivity index (χ3v) is 2.87. The van der Waals surface area contributed by atoms with Crippen LogP contribution in [-0.2, 0) is 9.47 Å². The van der Waals surface area contributed by atoms with Crippen LogP contribution < -0.4 is 0 Å². The second-order valence-corrected chi connectivity index (χ2v) is 4.31. The molecule has 0 heterocycles. The second-order valence-electron chi connectivity index (χ2n) is 4.31. The lowest BCUT2D eigenvalue weighted by molar-refractivity contribution is 0.183. The fourth-order valence-corrected chi connectivity index (χ4v) is 1.70. The molecular weight excluding hydrogens is 212 g/mol. The van der Waals surface area contributed by atoms with Crippen LogP contribution >= 0.6 is 0 Å².